The Labute approximate surface area is 105 Å². The molecule has 1 unspecified atom stereocenters. The Hall–Kier alpha value is -1.48. The molecule has 3 rings (SSSR count). The highest BCUT2D eigenvalue weighted by atomic mass is 35.5. The normalized spacial score (nSPS) is 19.0. The first-order valence-corrected chi connectivity index (χ1v) is 6.11. The molecular formula is C13H13ClN2O. The summed E-state index contributed by atoms with van der Waals surface area (Å²) >= 11 is 6.02. The van der Waals surface area contributed by atoms with Crippen LogP contribution < -0.4 is 5.73 Å². The monoisotopic (exact) mass is 248 g/mol. The minimum absolute atomic E-state index is 0.245. The molecule has 1 atom stereocenters. The summed E-state index contributed by atoms with van der Waals surface area (Å²) in [6.45, 7) is 0. The molecule has 17 heavy (non-hydrogen) atoms. The van der Waals surface area contributed by atoms with Crippen LogP contribution in [0.25, 0.3) is 0 Å². The molecule has 2 aromatic rings. The standard InChI is InChI=1S/C13H13ClN2O/c14-9-4-5-10-8(6-9)2-1-3-11(10)13-12(15)7-17-16-13/h4-7,11H,1-3,15H2. The number of nitrogens with zero attached hydrogens (tertiary/aromatic N) is 1. The predicted molar refractivity (Wildman–Crippen MR) is 67.1 cm³/mol. The van der Waals surface area contributed by atoms with Gasteiger partial charge in [0.25, 0.3) is 0 Å². The van der Waals surface area contributed by atoms with Gasteiger partial charge in [-0.1, -0.05) is 22.8 Å². The fraction of sp³-hybridized carbons (Fsp3) is 0.308. The molecule has 0 saturated heterocycles. The van der Waals surface area contributed by atoms with E-state index in [2.05, 4.69) is 11.2 Å². The van der Waals surface area contributed by atoms with E-state index >= 15 is 0 Å². The maximum atomic E-state index is 6.02. The van der Waals surface area contributed by atoms with Gasteiger partial charge in [0, 0.05) is 10.9 Å². The van der Waals surface area contributed by atoms with Crippen LogP contribution in [0.15, 0.2) is 29.0 Å². The van der Waals surface area contributed by atoms with E-state index in [4.69, 9.17) is 21.9 Å². The summed E-state index contributed by atoms with van der Waals surface area (Å²) in [6, 6.07) is 6.05. The zero-order chi connectivity index (χ0) is 11.8. The summed E-state index contributed by atoms with van der Waals surface area (Å²) in [5.41, 5.74) is 9.95. The second kappa shape index (κ2) is 4.08. The molecule has 0 amide bonds. The Morgan fingerprint density at radius 2 is 2.29 bits per heavy atom. The molecule has 1 aromatic heterocycles. The second-order valence-electron chi connectivity index (χ2n) is 4.44. The van der Waals surface area contributed by atoms with E-state index in [1.165, 1.54) is 17.4 Å². The third kappa shape index (κ3) is 1.80. The Morgan fingerprint density at radius 1 is 1.41 bits per heavy atom. The van der Waals surface area contributed by atoms with Crippen LogP contribution in [0.4, 0.5) is 5.69 Å². The molecule has 4 heteroatoms. The lowest BCUT2D eigenvalue weighted by Gasteiger charge is -2.24. The molecule has 1 heterocycles. The fourth-order valence-corrected chi connectivity index (χ4v) is 2.78. The van der Waals surface area contributed by atoms with Gasteiger partial charge in [-0.25, -0.2) is 0 Å². The van der Waals surface area contributed by atoms with Gasteiger partial charge >= 0.3 is 0 Å². The molecule has 1 aliphatic rings. The molecular weight excluding hydrogens is 236 g/mol. The first kappa shape index (κ1) is 10.7. The number of anilines is 1. The summed E-state index contributed by atoms with van der Waals surface area (Å²) in [4.78, 5) is 0. The van der Waals surface area contributed by atoms with Crippen molar-refractivity contribution < 1.29 is 4.52 Å². The van der Waals surface area contributed by atoms with Crippen LogP contribution in [0.2, 0.25) is 5.02 Å². The van der Waals surface area contributed by atoms with E-state index in [1.807, 2.05) is 12.1 Å². The lowest BCUT2D eigenvalue weighted by Crippen LogP contribution is -2.12. The number of halogens is 1. The highest BCUT2D eigenvalue weighted by Gasteiger charge is 2.25. The van der Waals surface area contributed by atoms with Gasteiger partial charge in [0.1, 0.15) is 12.0 Å². The van der Waals surface area contributed by atoms with Crippen LogP contribution in [-0.2, 0) is 6.42 Å². The van der Waals surface area contributed by atoms with Gasteiger partial charge in [-0.15, -0.1) is 0 Å². The van der Waals surface area contributed by atoms with Gasteiger partial charge in [-0.05, 0) is 42.5 Å². The van der Waals surface area contributed by atoms with E-state index in [0.29, 0.717) is 5.69 Å². The number of hydrogen-bond donors (Lipinski definition) is 1. The van der Waals surface area contributed by atoms with Gasteiger partial charge in [-0.3, -0.25) is 0 Å². The highest BCUT2D eigenvalue weighted by Crippen LogP contribution is 2.38. The van der Waals surface area contributed by atoms with Crippen molar-refractivity contribution in [2.75, 3.05) is 5.73 Å². The first-order chi connectivity index (χ1) is 8.25. The highest BCUT2D eigenvalue weighted by molar-refractivity contribution is 6.30. The Kier molecular flexibility index (Phi) is 2.56. The number of nitrogen functional groups attached to an aromatic ring is 1. The maximum Gasteiger partial charge on any atom is 0.147 e. The number of hydrogen-bond acceptors (Lipinski definition) is 3. The molecule has 0 fully saturated rings. The van der Waals surface area contributed by atoms with E-state index in [1.54, 1.807) is 0 Å². The van der Waals surface area contributed by atoms with E-state index in [9.17, 15) is 0 Å². The number of rotatable bonds is 1. The van der Waals surface area contributed by atoms with Gasteiger partial charge in [0.15, 0.2) is 0 Å². The zero-order valence-electron chi connectivity index (χ0n) is 9.32. The van der Waals surface area contributed by atoms with Gasteiger partial charge in [0.2, 0.25) is 0 Å². The molecule has 0 aliphatic heterocycles. The fourth-order valence-electron chi connectivity index (χ4n) is 2.58. The molecule has 0 bridgehead atoms. The Bertz CT molecular complexity index is 550. The number of nitrogens with two attached hydrogens (primary N) is 1. The Balaban J connectivity index is 2.08. The SMILES string of the molecule is Nc1conc1C1CCCc2cc(Cl)ccc21. The lowest BCUT2D eigenvalue weighted by atomic mass is 9.81. The van der Waals surface area contributed by atoms with Gasteiger partial charge < -0.3 is 10.3 Å². The number of aromatic nitrogens is 1. The van der Waals surface area contributed by atoms with Crippen molar-refractivity contribution in [1.82, 2.24) is 5.16 Å². The van der Waals surface area contributed by atoms with Gasteiger partial charge in [0.05, 0.1) is 5.69 Å². The maximum absolute atomic E-state index is 6.02. The van der Waals surface area contributed by atoms with Crippen LogP contribution in [0, 0.1) is 0 Å². The van der Waals surface area contributed by atoms with Crippen molar-refractivity contribution in [2.45, 2.75) is 25.2 Å². The van der Waals surface area contributed by atoms with Crippen LogP contribution in [0.5, 0.6) is 0 Å². The van der Waals surface area contributed by atoms with Crippen molar-refractivity contribution in [3.63, 3.8) is 0 Å². The molecule has 3 nitrogen and oxygen atoms in total. The summed E-state index contributed by atoms with van der Waals surface area (Å²) in [6.07, 6.45) is 4.76. The summed E-state index contributed by atoms with van der Waals surface area (Å²) < 4.78 is 4.94. The van der Waals surface area contributed by atoms with Crippen LogP contribution in [0.3, 0.4) is 0 Å². The molecule has 1 aromatic carbocycles. The van der Waals surface area contributed by atoms with Crippen molar-refractivity contribution >= 4 is 17.3 Å². The molecule has 0 radical (unpaired) electrons. The molecule has 0 saturated carbocycles. The van der Waals surface area contributed by atoms with Crippen molar-refractivity contribution in [2.24, 2.45) is 0 Å². The molecule has 0 spiro atoms. The number of aryl methyl sites for hydroxylation is 1. The average molecular weight is 249 g/mol. The van der Waals surface area contributed by atoms with Crippen molar-refractivity contribution in [3.05, 3.63) is 46.3 Å². The summed E-state index contributed by atoms with van der Waals surface area (Å²) in [7, 11) is 0. The van der Waals surface area contributed by atoms with E-state index in [-0.39, 0.29) is 5.92 Å². The molecule has 1 aliphatic carbocycles. The molecule has 2 N–H and O–H groups in total. The van der Waals surface area contributed by atoms with Crippen LogP contribution in [0.1, 0.15) is 35.6 Å². The van der Waals surface area contributed by atoms with Gasteiger partial charge in [-0.2, -0.15) is 0 Å². The largest absolute Gasteiger partial charge is 0.395 e. The first-order valence-electron chi connectivity index (χ1n) is 5.74. The van der Waals surface area contributed by atoms with Crippen molar-refractivity contribution in [3.8, 4) is 0 Å². The molecule has 88 valence electrons. The lowest BCUT2D eigenvalue weighted by molar-refractivity contribution is 0.404. The third-order valence-corrected chi connectivity index (χ3v) is 3.61. The minimum Gasteiger partial charge on any atom is -0.395 e. The quantitative estimate of drug-likeness (QED) is 0.842. The van der Waals surface area contributed by atoms with Crippen LogP contribution in [-0.4, -0.2) is 5.16 Å². The average Bonchev–Trinajstić information content (AvgIpc) is 2.74. The smallest absolute Gasteiger partial charge is 0.147 e. The van der Waals surface area contributed by atoms with Crippen molar-refractivity contribution in [1.29, 1.82) is 0 Å². The third-order valence-electron chi connectivity index (χ3n) is 3.38. The van der Waals surface area contributed by atoms with E-state index < -0.39 is 0 Å². The number of fused-ring (bicyclic) bond motifs is 1. The topological polar surface area (TPSA) is 52.0 Å². The summed E-state index contributed by atoms with van der Waals surface area (Å²) in [5.74, 6) is 0.245. The zero-order valence-corrected chi connectivity index (χ0v) is 10.1. The predicted octanol–water partition coefficient (Wildman–Crippen LogP) is 3.38. The second-order valence-corrected chi connectivity index (χ2v) is 4.88. The van der Waals surface area contributed by atoms with Crippen LogP contribution >= 0.6 is 11.6 Å². The van der Waals surface area contributed by atoms with E-state index in [0.717, 1.165) is 30.0 Å². The number of benzene rings is 1. The Morgan fingerprint density at radius 3 is 3.06 bits per heavy atom. The minimum atomic E-state index is 0.245. The summed E-state index contributed by atoms with van der Waals surface area (Å²) in [5, 5.41) is 4.82.